The van der Waals surface area contributed by atoms with Crippen LogP contribution in [0, 0.1) is 11.8 Å². The van der Waals surface area contributed by atoms with Crippen molar-refractivity contribution >= 4 is 17.8 Å². The number of carbonyl (C=O) groups is 3. The van der Waals surface area contributed by atoms with Gasteiger partial charge in [-0.1, -0.05) is 6.42 Å². The van der Waals surface area contributed by atoms with Crippen LogP contribution < -0.4 is 10.6 Å². The van der Waals surface area contributed by atoms with E-state index in [1.165, 1.54) is 0 Å². The maximum Gasteiger partial charge on any atom is 0.307 e. The molecule has 2 rings (SSSR count). The van der Waals surface area contributed by atoms with Crippen molar-refractivity contribution in [3.05, 3.63) is 0 Å². The standard InChI is InChI=1S/C13H20N2O4/c1-7(11(16)15-8-5-6-8)14-12(17)9-3-2-4-10(9)13(18)19/h7-10H,2-6H2,1H3,(H,14,17)(H,15,16)(H,18,19)/t7?,9-,10+/m1/s1. The predicted molar refractivity (Wildman–Crippen MR) is 67.2 cm³/mol. The zero-order chi connectivity index (χ0) is 14.0. The van der Waals surface area contributed by atoms with E-state index in [-0.39, 0.29) is 17.9 Å². The van der Waals surface area contributed by atoms with Gasteiger partial charge in [-0.3, -0.25) is 14.4 Å². The molecule has 1 unspecified atom stereocenters. The van der Waals surface area contributed by atoms with E-state index < -0.39 is 23.8 Å². The van der Waals surface area contributed by atoms with Gasteiger partial charge in [-0.2, -0.15) is 0 Å². The molecule has 0 spiro atoms. The van der Waals surface area contributed by atoms with Gasteiger partial charge in [0.2, 0.25) is 11.8 Å². The molecule has 2 aliphatic rings. The largest absolute Gasteiger partial charge is 0.481 e. The molecule has 2 fully saturated rings. The Labute approximate surface area is 111 Å². The van der Waals surface area contributed by atoms with Crippen LogP contribution in [0.5, 0.6) is 0 Å². The summed E-state index contributed by atoms with van der Waals surface area (Å²) in [4.78, 5) is 34.8. The smallest absolute Gasteiger partial charge is 0.307 e. The summed E-state index contributed by atoms with van der Waals surface area (Å²) >= 11 is 0. The molecule has 3 N–H and O–H groups in total. The first-order chi connectivity index (χ1) is 8.99. The molecule has 2 aliphatic carbocycles. The lowest BCUT2D eigenvalue weighted by Gasteiger charge is -2.19. The summed E-state index contributed by atoms with van der Waals surface area (Å²) in [6, 6.07) is -0.353. The quantitative estimate of drug-likeness (QED) is 0.667. The van der Waals surface area contributed by atoms with E-state index in [1.54, 1.807) is 6.92 Å². The van der Waals surface area contributed by atoms with Crippen LogP contribution in [-0.4, -0.2) is 35.0 Å². The van der Waals surface area contributed by atoms with Crippen molar-refractivity contribution < 1.29 is 19.5 Å². The fourth-order valence-corrected chi connectivity index (χ4v) is 2.51. The van der Waals surface area contributed by atoms with Gasteiger partial charge in [-0.05, 0) is 32.6 Å². The molecule has 2 saturated carbocycles. The van der Waals surface area contributed by atoms with Gasteiger partial charge >= 0.3 is 5.97 Å². The molecule has 0 saturated heterocycles. The van der Waals surface area contributed by atoms with Crippen molar-refractivity contribution in [2.45, 2.75) is 51.1 Å². The number of hydrogen-bond donors (Lipinski definition) is 3. The molecule has 0 aliphatic heterocycles. The van der Waals surface area contributed by atoms with E-state index in [1.807, 2.05) is 0 Å². The summed E-state index contributed by atoms with van der Waals surface area (Å²) in [5, 5.41) is 14.5. The fraction of sp³-hybridized carbons (Fsp3) is 0.769. The predicted octanol–water partition coefficient (Wildman–Crippen LogP) is 0.271. The highest BCUT2D eigenvalue weighted by Gasteiger charge is 2.38. The summed E-state index contributed by atoms with van der Waals surface area (Å²) in [6.45, 7) is 1.63. The zero-order valence-electron chi connectivity index (χ0n) is 11.0. The highest BCUT2D eigenvalue weighted by atomic mass is 16.4. The fourth-order valence-electron chi connectivity index (χ4n) is 2.51. The second kappa shape index (κ2) is 5.59. The molecule has 19 heavy (non-hydrogen) atoms. The second-order valence-corrected chi connectivity index (χ2v) is 5.50. The lowest BCUT2D eigenvalue weighted by atomic mass is 9.95. The van der Waals surface area contributed by atoms with Crippen LogP contribution in [0.15, 0.2) is 0 Å². The van der Waals surface area contributed by atoms with Crippen LogP contribution in [0.2, 0.25) is 0 Å². The van der Waals surface area contributed by atoms with Gasteiger partial charge in [0.1, 0.15) is 6.04 Å². The van der Waals surface area contributed by atoms with Gasteiger partial charge < -0.3 is 15.7 Å². The average molecular weight is 268 g/mol. The maximum absolute atomic E-state index is 12.0. The number of carboxylic acid groups (broad SMARTS) is 1. The number of amides is 2. The van der Waals surface area contributed by atoms with Gasteiger partial charge in [-0.15, -0.1) is 0 Å². The van der Waals surface area contributed by atoms with Crippen molar-refractivity contribution in [3.8, 4) is 0 Å². The summed E-state index contributed by atoms with van der Waals surface area (Å²) in [5.74, 6) is -2.55. The second-order valence-electron chi connectivity index (χ2n) is 5.50. The third-order valence-corrected chi connectivity index (χ3v) is 3.85. The summed E-state index contributed by atoms with van der Waals surface area (Å²) in [6.07, 6.45) is 3.86. The highest BCUT2D eigenvalue weighted by Crippen LogP contribution is 2.32. The Hall–Kier alpha value is -1.59. The first-order valence-electron chi connectivity index (χ1n) is 6.82. The summed E-state index contributed by atoms with van der Waals surface area (Å²) < 4.78 is 0. The molecule has 6 nitrogen and oxygen atoms in total. The van der Waals surface area contributed by atoms with Crippen molar-refractivity contribution in [1.82, 2.24) is 10.6 Å². The van der Waals surface area contributed by atoms with Gasteiger partial charge in [-0.25, -0.2) is 0 Å². The molecule has 2 amide bonds. The topological polar surface area (TPSA) is 95.5 Å². The molecular formula is C13H20N2O4. The van der Waals surface area contributed by atoms with Crippen LogP contribution in [0.1, 0.15) is 39.0 Å². The van der Waals surface area contributed by atoms with Crippen LogP contribution in [0.4, 0.5) is 0 Å². The van der Waals surface area contributed by atoms with Crippen LogP contribution in [-0.2, 0) is 14.4 Å². The minimum absolute atomic E-state index is 0.194. The van der Waals surface area contributed by atoms with Gasteiger partial charge in [0, 0.05) is 6.04 Å². The SMILES string of the molecule is CC(NC(=O)[C@@H]1CCC[C@@H]1C(=O)O)C(=O)NC1CC1. The Morgan fingerprint density at radius 3 is 2.32 bits per heavy atom. The van der Waals surface area contributed by atoms with Crippen molar-refractivity contribution in [3.63, 3.8) is 0 Å². The molecule has 0 aromatic rings. The molecule has 0 radical (unpaired) electrons. The zero-order valence-corrected chi connectivity index (χ0v) is 11.0. The van der Waals surface area contributed by atoms with E-state index in [0.717, 1.165) is 19.3 Å². The Kier molecular flexibility index (Phi) is 4.07. The molecule has 106 valence electrons. The van der Waals surface area contributed by atoms with E-state index in [9.17, 15) is 14.4 Å². The monoisotopic (exact) mass is 268 g/mol. The first kappa shape index (κ1) is 13.8. The minimum atomic E-state index is -0.923. The number of carboxylic acids is 1. The number of nitrogens with one attached hydrogen (secondary N) is 2. The summed E-state index contributed by atoms with van der Waals surface area (Å²) in [7, 11) is 0. The number of hydrogen-bond acceptors (Lipinski definition) is 3. The molecule has 0 aromatic heterocycles. The molecule has 0 bridgehead atoms. The number of carbonyl (C=O) groups excluding carboxylic acids is 2. The number of rotatable bonds is 5. The number of aliphatic carboxylic acids is 1. The van der Waals surface area contributed by atoms with Gasteiger partial charge in [0.05, 0.1) is 11.8 Å². The summed E-state index contributed by atoms with van der Waals surface area (Å²) in [5.41, 5.74) is 0. The Morgan fingerprint density at radius 2 is 1.74 bits per heavy atom. The maximum atomic E-state index is 12.0. The molecule has 0 aromatic carbocycles. The lowest BCUT2D eigenvalue weighted by Crippen LogP contribution is -2.48. The first-order valence-corrected chi connectivity index (χ1v) is 6.82. The van der Waals surface area contributed by atoms with Crippen molar-refractivity contribution in [2.75, 3.05) is 0 Å². The van der Waals surface area contributed by atoms with Crippen LogP contribution in [0.25, 0.3) is 0 Å². The van der Waals surface area contributed by atoms with Crippen LogP contribution in [0.3, 0.4) is 0 Å². The third-order valence-electron chi connectivity index (χ3n) is 3.85. The van der Waals surface area contributed by atoms with Crippen molar-refractivity contribution in [2.24, 2.45) is 11.8 Å². The molecule has 0 heterocycles. The van der Waals surface area contributed by atoms with Gasteiger partial charge in [0.25, 0.3) is 0 Å². The molecule has 6 heteroatoms. The van der Waals surface area contributed by atoms with E-state index in [4.69, 9.17) is 5.11 Å². The Bertz CT molecular complexity index is 392. The van der Waals surface area contributed by atoms with Gasteiger partial charge in [0.15, 0.2) is 0 Å². The Morgan fingerprint density at radius 1 is 1.11 bits per heavy atom. The highest BCUT2D eigenvalue weighted by molar-refractivity contribution is 5.90. The lowest BCUT2D eigenvalue weighted by molar-refractivity contribution is -0.146. The van der Waals surface area contributed by atoms with E-state index >= 15 is 0 Å². The van der Waals surface area contributed by atoms with E-state index in [0.29, 0.717) is 12.8 Å². The Balaban J connectivity index is 1.85. The van der Waals surface area contributed by atoms with E-state index in [2.05, 4.69) is 10.6 Å². The normalized spacial score (nSPS) is 27.6. The van der Waals surface area contributed by atoms with Crippen molar-refractivity contribution in [1.29, 1.82) is 0 Å². The third kappa shape index (κ3) is 3.45. The molecular weight excluding hydrogens is 248 g/mol. The molecule has 3 atom stereocenters. The average Bonchev–Trinajstić information content (AvgIpc) is 3.01. The van der Waals surface area contributed by atoms with Crippen LogP contribution >= 0.6 is 0 Å². The minimum Gasteiger partial charge on any atom is -0.481 e.